The van der Waals surface area contributed by atoms with Crippen molar-refractivity contribution in [2.75, 3.05) is 10.6 Å². The molecule has 0 heterocycles. The third-order valence-electron chi connectivity index (χ3n) is 3.57. The second-order valence-electron chi connectivity index (χ2n) is 5.55. The zero-order valence-corrected chi connectivity index (χ0v) is 12.2. The van der Waals surface area contributed by atoms with Crippen molar-refractivity contribution < 1.29 is 9.59 Å². The maximum Gasteiger partial charge on any atom is 0.228 e. The molecule has 22 heavy (non-hydrogen) atoms. The first-order valence-electron chi connectivity index (χ1n) is 7.45. The molecule has 0 spiro atoms. The van der Waals surface area contributed by atoms with Gasteiger partial charge >= 0.3 is 0 Å². The average Bonchev–Trinajstić information content (AvgIpc) is 3.33. The molecule has 4 nitrogen and oxygen atoms in total. The minimum atomic E-state index is -0.0723. The Balaban J connectivity index is 1.59. The number of hydrogen-bond donors (Lipinski definition) is 2. The summed E-state index contributed by atoms with van der Waals surface area (Å²) in [6, 6.07) is 16.8. The molecule has 1 aliphatic rings. The van der Waals surface area contributed by atoms with Gasteiger partial charge in [0.15, 0.2) is 0 Å². The van der Waals surface area contributed by atoms with E-state index in [2.05, 4.69) is 10.6 Å². The summed E-state index contributed by atoms with van der Waals surface area (Å²) in [6.07, 6.45) is 2.28. The second-order valence-corrected chi connectivity index (χ2v) is 5.55. The molecular formula is C18H18N2O2. The maximum absolute atomic E-state index is 12.0. The Bertz CT molecular complexity index is 678. The summed E-state index contributed by atoms with van der Waals surface area (Å²) in [5.74, 6) is 0.154. The summed E-state index contributed by atoms with van der Waals surface area (Å²) in [7, 11) is 0. The molecule has 0 aliphatic heterocycles. The molecule has 3 rings (SSSR count). The largest absolute Gasteiger partial charge is 0.326 e. The fourth-order valence-electron chi connectivity index (χ4n) is 2.25. The van der Waals surface area contributed by atoms with Crippen LogP contribution in [0, 0.1) is 5.92 Å². The summed E-state index contributed by atoms with van der Waals surface area (Å²) >= 11 is 0. The van der Waals surface area contributed by atoms with Gasteiger partial charge in [0.05, 0.1) is 6.42 Å². The Morgan fingerprint density at radius 2 is 1.59 bits per heavy atom. The number of carbonyl (C=O) groups excluding carboxylic acids is 2. The SMILES string of the molecule is O=C(Cc1ccccc1)Nc1cccc(NC(=O)C2CC2)c1. The molecule has 2 N–H and O–H groups in total. The predicted octanol–water partition coefficient (Wildman–Crippen LogP) is 3.22. The highest BCUT2D eigenvalue weighted by Crippen LogP contribution is 2.30. The number of nitrogens with one attached hydrogen (secondary N) is 2. The van der Waals surface area contributed by atoms with Crippen molar-refractivity contribution >= 4 is 23.2 Å². The first kappa shape index (κ1) is 14.3. The van der Waals surface area contributed by atoms with Crippen LogP contribution in [-0.2, 0) is 16.0 Å². The lowest BCUT2D eigenvalue weighted by molar-refractivity contribution is -0.117. The molecule has 1 saturated carbocycles. The Morgan fingerprint density at radius 3 is 2.27 bits per heavy atom. The van der Waals surface area contributed by atoms with Crippen LogP contribution in [0.4, 0.5) is 11.4 Å². The fraction of sp³-hybridized carbons (Fsp3) is 0.222. The Kier molecular flexibility index (Phi) is 4.19. The molecule has 0 bridgehead atoms. The van der Waals surface area contributed by atoms with E-state index in [-0.39, 0.29) is 17.7 Å². The highest BCUT2D eigenvalue weighted by Gasteiger charge is 2.29. The van der Waals surface area contributed by atoms with Gasteiger partial charge in [-0.1, -0.05) is 36.4 Å². The number of anilines is 2. The monoisotopic (exact) mass is 294 g/mol. The third kappa shape index (κ3) is 3.95. The topological polar surface area (TPSA) is 58.2 Å². The van der Waals surface area contributed by atoms with Crippen LogP contribution in [0.25, 0.3) is 0 Å². The molecule has 0 saturated heterocycles. The fourth-order valence-corrected chi connectivity index (χ4v) is 2.25. The first-order valence-corrected chi connectivity index (χ1v) is 7.45. The number of hydrogen-bond acceptors (Lipinski definition) is 2. The maximum atomic E-state index is 12.0. The summed E-state index contributed by atoms with van der Waals surface area (Å²) in [4.78, 5) is 23.8. The zero-order valence-electron chi connectivity index (χ0n) is 12.2. The van der Waals surface area contributed by atoms with Gasteiger partial charge in [-0.25, -0.2) is 0 Å². The van der Waals surface area contributed by atoms with Crippen LogP contribution in [0.3, 0.4) is 0 Å². The van der Waals surface area contributed by atoms with Gasteiger partial charge in [-0.05, 0) is 36.6 Å². The lowest BCUT2D eigenvalue weighted by Gasteiger charge is -2.08. The molecule has 112 valence electrons. The van der Waals surface area contributed by atoms with Gasteiger partial charge in [0.2, 0.25) is 11.8 Å². The summed E-state index contributed by atoms with van der Waals surface area (Å²) in [6.45, 7) is 0. The van der Waals surface area contributed by atoms with Gasteiger partial charge in [0, 0.05) is 17.3 Å². The smallest absolute Gasteiger partial charge is 0.228 e. The van der Waals surface area contributed by atoms with E-state index < -0.39 is 0 Å². The van der Waals surface area contributed by atoms with Gasteiger partial charge in [-0.15, -0.1) is 0 Å². The van der Waals surface area contributed by atoms with Gasteiger partial charge in [0.1, 0.15) is 0 Å². The van der Waals surface area contributed by atoms with Crippen LogP contribution < -0.4 is 10.6 Å². The Labute approximate surface area is 129 Å². The van der Waals surface area contributed by atoms with E-state index in [0.717, 1.165) is 24.1 Å². The van der Waals surface area contributed by atoms with E-state index >= 15 is 0 Å². The van der Waals surface area contributed by atoms with Crippen molar-refractivity contribution in [1.29, 1.82) is 0 Å². The van der Waals surface area contributed by atoms with Gasteiger partial charge < -0.3 is 10.6 Å². The normalized spacial score (nSPS) is 13.5. The third-order valence-corrected chi connectivity index (χ3v) is 3.57. The highest BCUT2D eigenvalue weighted by atomic mass is 16.2. The highest BCUT2D eigenvalue weighted by molar-refractivity contribution is 5.96. The van der Waals surface area contributed by atoms with Crippen LogP contribution >= 0.6 is 0 Å². The number of rotatable bonds is 5. The zero-order chi connectivity index (χ0) is 15.4. The van der Waals surface area contributed by atoms with Gasteiger partial charge in [0.25, 0.3) is 0 Å². The second kappa shape index (κ2) is 6.43. The van der Waals surface area contributed by atoms with Crippen molar-refractivity contribution in [2.24, 2.45) is 5.92 Å². The van der Waals surface area contributed by atoms with E-state index in [9.17, 15) is 9.59 Å². The van der Waals surface area contributed by atoms with Crippen LogP contribution in [-0.4, -0.2) is 11.8 Å². The Morgan fingerprint density at radius 1 is 0.909 bits per heavy atom. The van der Waals surface area contributed by atoms with Crippen molar-refractivity contribution in [2.45, 2.75) is 19.3 Å². The molecule has 2 aromatic rings. The van der Waals surface area contributed by atoms with Crippen LogP contribution in [0.5, 0.6) is 0 Å². The van der Waals surface area contributed by atoms with Crippen LogP contribution in [0.1, 0.15) is 18.4 Å². The first-order chi connectivity index (χ1) is 10.7. The van der Waals surface area contributed by atoms with E-state index in [0.29, 0.717) is 12.1 Å². The number of benzene rings is 2. The lowest BCUT2D eigenvalue weighted by Crippen LogP contribution is -2.16. The molecule has 4 heteroatoms. The van der Waals surface area contributed by atoms with Gasteiger partial charge in [-0.3, -0.25) is 9.59 Å². The van der Waals surface area contributed by atoms with Gasteiger partial charge in [-0.2, -0.15) is 0 Å². The van der Waals surface area contributed by atoms with Crippen LogP contribution in [0.15, 0.2) is 54.6 Å². The number of carbonyl (C=O) groups is 2. The van der Waals surface area contributed by atoms with E-state index in [1.54, 1.807) is 6.07 Å². The standard InChI is InChI=1S/C18H18N2O2/c21-17(11-13-5-2-1-3-6-13)19-15-7-4-8-16(12-15)20-18(22)14-9-10-14/h1-8,12,14H,9-11H2,(H,19,21)(H,20,22). The molecule has 1 fully saturated rings. The lowest BCUT2D eigenvalue weighted by atomic mass is 10.1. The molecule has 0 atom stereocenters. The average molecular weight is 294 g/mol. The number of amides is 2. The molecular weight excluding hydrogens is 276 g/mol. The summed E-state index contributed by atoms with van der Waals surface area (Å²) in [5, 5.41) is 5.74. The molecule has 0 radical (unpaired) electrons. The van der Waals surface area contributed by atoms with Crippen molar-refractivity contribution in [3.63, 3.8) is 0 Å². The minimum Gasteiger partial charge on any atom is -0.326 e. The summed E-state index contributed by atoms with van der Waals surface area (Å²) < 4.78 is 0. The summed E-state index contributed by atoms with van der Waals surface area (Å²) in [5.41, 5.74) is 2.38. The molecule has 0 unspecified atom stereocenters. The van der Waals surface area contributed by atoms with Crippen molar-refractivity contribution in [1.82, 2.24) is 0 Å². The quantitative estimate of drug-likeness (QED) is 0.889. The van der Waals surface area contributed by atoms with Crippen molar-refractivity contribution in [3.05, 3.63) is 60.2 Å². The van der Waals surface area contributed by atoms with E-state index in [1.807, 2.05) is 48.5 Å². The predicted molar refractivity (Wildman–Crippen MR) is 86.6 cm³/mol. The van der Waals surface area contributed by atoms with E-state index in [4.69, 9.17) is 0 Å². The molecule has 2 amide bonds. The Hall–Kier alpha value is -2.62. The molecule has 2 aromatic carbocycles. The molecule has 1 aliphatic carbocycles. The van der Waals surface area contributed by atoms with Crippen molar-refractivity contribution in [3.8, 4) is 0 Å². The minimum absolute atomic E-state index is 0.0627. The van der Waals surface area contributed by atoms with E-state index in [1.165, 1.54) is 0 Å². The van der Waals surface area contributed by atoms with Crippen LogP contribution in [0.2, 0.25) is 0 Å². The molecule has 0 aromatic heterocycles.